The standard InChI is InChI=1S/C19H39/c1-5-8-11-12-15-18-19(4,16-13-9-6-2)17-14-10-7-3/h4-18H2,1-3H3. The average Bonchev–Trinajstić information content (AvgIpc) is 2.39. The molecule has 0 saturated carbocycles. The third-order valence-corrected chi connectivity index (χ3v) is 4.43. The van der Waals surface area contributed by atoms with Gasteiger partial charge in [-0.25, -0.2) is 0 Å². The lowest BCUT2D eigenvalue weighted by Gasteiger charge is -2.30. The molecule has 0 aromatic heterocycles. The van der Waals surface area contributed by atoms with Crippen LogP contribution in [0.2, 0.25) is 0 Å². The summed E-state index contributed by atoms with van der Waals surface area (Å²) in [6.07, 6.45) is 19.3. The molecule has 0 bridgehead atoms. The van der Waals surface area contributed by atoms with E-state index in [-0.39, 0.29) is 0 Å². The average molecular weight is 268 g/mol. The molecule has 0 nitrogen and oxygen atoms in total. The van der Waals surface area contributed by atoms with E-state index < -0.39 is 0 Å². The molecule has 0 aliphatic rings. The van der Waals surface area contributed by atoms with Crippen molar-refractivity contribution in [3.05, 3.63) is 6.92 Å². The van der Waals surface area contributed by atoms with Gasteiger partial charge in [-0.15, -0.1) is 0 Å². The molecule has 0 atom stereocenters. The van der Waals surface area contributed by atoms with Gasteiger partial charge in [-0.1, -0.05) is 91.4 Å². The van der Waals surface area contributed by atoms with Crippen LogP contribution < -0.4 is 0 Å². The Morgan fingerprint density at radius 3 is 1.26 bits per heavy atom. The Bertz CT molecular complexity index is 161. The normalized spacial score (nSPS) is 12.0. The number of hydrogen-bond donors (Lipinski definition) is 0. The Hall–Kier alpha value is 0. The molecule has 0 aromatic carbocycles. The van der Waals surface area contributed by atoms with E-state index in [4.69, 9.17) is 0 Å². The zero-order valence-electron chi connectivity index (χ0n) is 14.1. The maximum Gasteiger partial charge on any atom is -0.0297 e. The minimum atomic E-state index is 0.399. The molecule has 0 aromatic rings. The molecular formula is C19H39. The van der Waals surface area contributed by atoms with Gasteiger partial charge in [0.1, 0.15) is 0 Å². The van der Waals surface area contributed by atoms with E-state index >= 15 is 0 Å². The van der Waals surface area contributed by atoms with Crippen LogP contribution in [0, 0.1) is 12.3 Å². The lowest BCUT2D eigenvalue weighted by molar-refractivity contribution is 0.262. The van der Waals surface area contributed by atoms with Crippen LogP contribution in [0.1, 0.15) is 111 Å². The largest absolute Gasteiger partial charge is 0.0654 e. The molecule has 0 amide bonds. The summed E-state index contributed by atoms with van der Waals surface area (Å²) in [5.41, 5.74) is 0.399. The zero-order chi connectivity index (χ0) is 14.4. The van der Waals surface area contributed by atoms with Crippen molar-refractivity contribution in [2.24, 2.45) is 5.41 Å². The van der Waals surface area contributed by atoms with Gasteiger partial charge in [0.15, 0.2) is 0 Å². The van der Waals surface area contributed by atoms with E-state index in [9.17, 15) is 0 Å². The van der Waals surface area contributed by atoms with Gasteiger partial charge >= 0.3 is 0 Å². The second-order valence-corrected chi connectivity index (χ2v) is 6.58. The van der Waals surface area contributed by atoms with Crippen LogP contribution in [0.25, 0.3) is 0 Å². The molecule has 0 saturated heterocycles. The van der Waals surface area contributed by atoms with Crippen LogP contribution >= 0.6 is 0 Å². The Labute approximate surface area is 123 Å². The first-order valence-corrected chi connectivity index (χ1v) is 9.04. The molecule has 0 heterocycles. The van der Waals surface area contributed by atoms with Crippen molar-refractivity contribution in [3.8, 4) is 0 Å². The monoisotopic (exact) mass is 267 g/mol. The van der Waals surface area contributed by atoms with Crippen molar-refractivity contribution < 1.29 is 0 Å². The molecule has 0 N–H and O–H groups in total. The summed E-state index contributed by atoms with van der Waals surface area (Å²) in [5.74, 6) is 0. The Balaban J connectivity index is 3.92. The summed E-state index contributed by atoms with van der Waals surface area (Å²) in [5, 5.41) is 0. The fourth-order valence-corrected chi connectivity index (χ4v) is 2.98. The van der Waals surface area contributed by atoms with Crippen LogP contribution in [0.15, 0.2) is 0 Å². The van der Waals surface area contributed by atoms with Crippen molar-refractivity contribution in [3.63, 3.8) is 0 Å². The highest BCUT2D eigenvalue weighted by atomic mass is 14.3. The van der Waals surface area contributed by atoms with Crippen LogP contribution in [-0.2, 0) is 0 Å². The third kappa shape index (κ3) is 11.5. The third-order valence-electron chi connectivity index (χ3n) is 4.43. The number of unbranched alkanes of at least 4 members (excludes halogenated alkanes) is 8. The van der Waals surface area contributed by atoms with E-state index in [1.807, 2.05) is 0 Å². The van der Waals surface area contributed by atoms with E-state index in [0.29, 0.717) is 5.41 Å². The lowest BCUT2D eigenvalue weighted by atomic mass is 9.76. The number of rotatable bonds is 14. The lowest BCUT2D eigenvalue weighted by Crippen LogP contribution is -2.17. The topological polar surface area (TPSA) is 0 Å². The van der Waals surface area contributed by atoms with Crippen molar-refractivity contribution in [1.29, 1.82) is 0 Å². The summed E-state index contributed by atoms with van der Waals surface area (Å²) in [6.45, 7) is 11.5. The van der Waals surface area contributed by atoms with E-state index in [0.717, 1.165) is 0 Å². The summed E-state index contributed by atoms with van der Waals surface area (Å²) < 4.78 is 0. The van der Waals surface area contributed by atoms with Gasteiger partial charge in [0.2, 0.25) is 0 Å². The second-order valence-electron chi connectivity index (χ2n) is 6.58. The van der Waals surface area contributed by atoms with Crippen molar-refractivity contribution >= 4 is 0 Å². The SMILES string of the molecule is [CH2]C(CCCCC)(CCCCC)CCCCCCC. The first-order valence-electron chi connectivity index (χ1n) is 9.04. The predicted molar refractivity (Wildman–Crippen MR) is 89.5 cm³/mol. The Morgan fingerprint density at radius 1 is 0.526 bits per heavy atom. The minimum Gasteiger partial charge on any atom is -0.0654 e. The van der Waals surface area contributed by atoms with Gasteiger partial charge in [0.25, 0.3) is 0 Å². The van der Waals surface area contributed by atoms with E-state index in [2.05, 4.69) is 27.7 Å². The van der Waals surface area contributed by atoms with Gasteiger partial charge in [-0.2, -0.15) is 0 Å². The molecule has 1 radical (unpaired) electrons. The quantitative estimate of drug-likeness (QED) is 0.289. The fraction of sp³-hybridized carbons (Fsp3) is 0.947. The highest BCUT2D eigenvalue weighted by Crippen LogP contribution is 2.36. The van der Waals surface area contributed by atoms with Crippen LogP contribution in [0.3, 0.4) is 0 Å². The molecule has 0 unspecified atom stereocenters. The highest BCUT2D eigenvalue weighted by Gasteiger charge is 2.22. The molecule has 0 fully saturated rings. The molecule has 0 rings (SSSR count). The molecule has 0 aliphatic carbocycles. The maximum absolute atomic E-state index is 4.63. The number of hydrogen-bond acceptors (Lipinski definition) is 0. The first kappa shape index (κ1) is 19.0. The van der Waals surface area contributed by atoms with E-state index in [1.165, 1.54) is 89.9 Å². The van der Waals surface area contributed by atoms with Gasteiger partial charge in [-0.3, -0.25) is 0 Å². The summed E-state index contributed by atoms with van der Waals surface area (Å²) in [6, 6.07) is 0. The molecule has 0 spiro atoms. The maximum atomic E-state index is 4.63. The van der Waals surface area contributed by atoms with Crippen LogP contribution in [-0.4, -0.2) is 0 Å². The summed E-state index contributed by atoms with van der Waals surface area (Å²) >= 11 is 0. The van der Waals surface area contributed by atoms with E-state index in [1.54, 1.807) is 0 Å². The second kappa shape index (κ2) is 13.0. The van der Waals surface area contributed by atoms with Gasteiger partial charge in [0.05, 0.1) is 0 Å². The van der Waals surface area contributed by atoms with Gasteiger partial charge < -0.3 is 0 Å². The van der Waals surface area contributed by atoms with Crippen LogP contribution in [0.4, 0.5) is 0 Å². The Morgan fingerprint density at radius 2 is 0.842 bits per heavy atom. The molecule has 0 aliphatic heterocycles. The minimum absolute atomic E-state index is 0.399. The highest BCUT2D eigenvalue weighted by molar-refractivity contribution is 4.81. The molecule has 115 valence electrons. The summed E-state index contributed by atoms with van der Waals surface area (Å²) in [4.78, 5) is 0. The van der Waals surface area contributed by atoms with Gasteiger partial charge in [-0.05, 0) is 31.6 Å². The molecule has 19 heavy (non-hydrogen) atoms. The zero-order valence-corrected chi connectivity index (χ0v) is 14.1. The van der Waals surface area contributed by atoms with Gasteiger partial charge in [0, 0.05) is 0 Å². The summed E-state index contributed by atoms with van der Waals surface area (Å²) in [7, 11) is 0. The molecular weight excluding hydrogens is 228 g/mol. The van der Waals surface area contributed by atoms with Crippen molar-refractivity contribution in [1.82, 2.24) is 0 Å². The fourth-order valence-electron chi connectivity index (χ4n) is 2.98. The smallest absolute Gasteiger partial charge is 0.0297 e. The Kier molecular flexibility index (Phi) is 13.0. The van der Waals surface area contributed by atoms with Crippen molar-refractivity contribution in [2.45, 2.75) is 111 Å². The van der Waals surface area contributed by atoms with Crippen molar-refractivity contribution in [2.75, 3.05) is 0 Å². The first-order chi connectivity index (χ1) is 9.18. The molecule has 0 heteroatoms. The van der Waals surface area contributed by atoms with Crippen LogP contribution in [0.5, 0.6) is 0 Å². The predicted octanol–water partition coefficient (Wildman–Crippen LogP) is 7.33.